The zero-order valence-corrected chi connectivity index (χ0v) is 28.6. The predicted octanol–water partition coefficient (Wildman–Crippen LogP) is 8.42. The Labute approximate surface area is 286 Å². The van der Waals surface area contributed by atoms with E-state index in [4.69, 9.17) is 19.2 Å². The molecule has 0 bridgehead atoms. The first-order valence-electron chi connectivity index (χ1n) is 17.4. The number of amides is 2. The van der Waals surface area contributed by atoms with E-state index in [1.165, 1.54) is 16.0 Å². The number of hydrogen-bond donors (Lipinski definition) is 2. The van der Waals surface area contributed by atoms with Crippen molar-refractivity contribution in [2.45, 2.75) is 77.0 Å². The molecule has 2 atom stereocenters. The molecule has 1 saturated carbocycles. The van der Waals surface area contributed by atoms with E-state index >= 15 is 4.39 Å². The number of halogens is 1. The number of nitrogens with one attached hydrogen (secondary N) is 2. The molecule has 258 valence electrons. The van der Waals surface area contributed by atoms with E-state index in [9.17, 15) is 9.59 Å². The zero-order valence-electron chi connectivity index (χ0n) is 28.6. The van der Waals surface area contributed by atoms with E-state index in [1.54, 1.807) is 32.9 Å². The Kier molecular flexibility index (Phi) is 9.09. The van der Waals surface area contributed by atoms with E-state index in [0.29, 0.717) is 29.4 Å². The molecule has 3 aromatic carbocycles. The highest BCUT2D eigenvalue weighted by molar-refractivity contribution is 5.80. The van der Waals surface area contributed by atoms with Gasteiger partial charge in [0.15, 0.2) is 5.82 Å². The van der Waals surface area contributed by atoms with Crippen LogP contribution in [0.15, 0.2) is 60.7 Å². The van der Waals surface area contributed by atoms with Crippen molar-refractivity contribution < 1.29 is 28.2 Å². The summed E-state index contributed by atoms with van der Waals surface area (Å²) in [5, 5.41) is 3.13. The smallest absolute Gasteiger partial charge is 0.410 e. The van der Waals surface area contributed by atoms with Crippen molar-refractivity contribution in [3.05, 3.63) is 89.0 Å². The molecule has 2 aliphatic carbocycles. The standard InChI is InChI=1S/C39H45FN4O5/c1-23-13-15-24(16-14-23)34(43-37(45)48-21-30-27-11-7-5-9-25(27)26-10-6-8-12-28(26)30)36-41-31-18-17-29(33(40)35(31)42-36)32-22-47-20-19-44(32)38(46)49-39(2,3)4/h5-12,17-18,23-24,30,32,34H,13-16,19-22H2,1-4H3,(H,41,42)(H,43,45). The molecule has 1 saturated heterocycles. The molecule has 2 unspecified atom stereocenters. The first-order valence-corrected chi connectivity index (χ1v) is 17.4. The molecule has 1 aliphatic heterocycles. The Balaban J connectivity index is 1.13. The van der Waals surface area contributed by atoms with E-state index in [-0.39, 0.29) is 37.1 Å². The van der Waals surface area contributed by atoms with E-state index in [0.717, 1.165) is 36.8 Å². The maximum atomic E-state index is 16.4. The highest BCUT2D eigenvalue weighted by Crippen LogP contribution is 2.45. The van der Waals surface area contributed by atoms with Gasteiger partial charge in [0, 0.05) is 18.0 Å². The molecule has 1 aromatic heterocycles. The fraction of sp³-hybridized carbons (Fsp3) is 0.462. The van der Waals surface area contributed by atoms with E-state index < -0.39 is 35.7 Å². The summed E-state index contributed by atoms with van der Waals surface area (Å²) in [6.07, 6.45) is 2.85. The van der Waals surface area contributed by atoms with Crippen LogP contribution in [0.3, 0.4) is 0 Å². The number of aromatic amines is 1. The fourth-order valence-corrected chi connectivity index (χ4v) is 7.68. The normalized spacial score (nSPS) is 21.6. The Morgan fingerprint density at radius 1 is 1.00 bits per heavy atom. The molecule has 2 fully saturated rings. The summed E-state index contributed by atoms with van der Waals surface area (Å²) in [4.78, 5) is 36.2. The van der Waals surface area contributed by atoms with Gasteiger partial charge in [0.2, 0.25) is 0 Å². The molecule has 7 rings (SSSR count). The minimum atomic E-state index is -0.689. The number of H-pyrrole nitrogens is 1. The van der Waals surface area contributed by atoms with Gasteiger partial charge in [-0.15, -0.1) is 0 Å². The van der Waals surface area contributed by atoms with Crippen LogP contribution in [0.5, 0.6) is 0 Å². The number of benzene rings is 3. The fourth-order valence-electron chi connectivity index (χ4n) is 7.68. The predicted molar refractivity (Wildman–Crippen MR) is 185 cm³/mol. The molecule has 49 heavy (non-hydrogen) atoms. The molecule has 2 heterocycles. The molecule has 10 heteroatoms. The lowest BCUT2D eigenvalue weighted by atomic mass is 9.79. The summed E-state index contributed by atoms with van der Waals surface area (Å²) >= 11 is 0. The second-order valence-corrected chi connectivity index (χ2v) is 14.7. The number of aromatic nitrogens is 2. The molecule has 9 nitrogen and oxygen atoms in total. The number of alkyl carbamates (subject to hydrolysis) is 1. The van der Waals surface area contributed by atoms with Gasteiger partial charge in [-0.25, -0.2) is 19.0 Å². The van der Waals surface area contributed by atoms with Crippen molar-refractivity contribution in [2.75, 3.05) is 26.4 Å². The maximum absolute atomic E-state index is 16.4. The lowest BCUT2D eigenvalue weighted by molar-refractivity contribution is -0.0337. The molecular formula is C39H45FN4O5. The Hall–Kier alpha value is -4.44. The van der Waals surface area contributed by atoms with Crippen LogP contribution in [-0.4, -0.2) is 59.0 Å². The number of hydrogen-bond acceptors (Lipinski definition) is 6. The van der Waals surface area contributed by atoms with Gasteiger partial charge >= 0.3 is 12.2 Å². The SMILES string of the molecule is CC1CCC(C(NC(=O)OCC2c3ccccc3-c3ccccc32)c2nc3c(F)c(C4COCCN4C(=O)OC(C)(C)C)ccc3[nH]2)CC1. The first-order chi connectivity index (χ1) is 23.6. The van der Waals surface area contributed by atoms with Crippen LogP contribution in [0.25, 0.3) is 22.2 Å². The minimum Gasteiger partial charge on any atom is -0.449 e. The third-order valence-corrected chi connectivity index (χ3v) is 10.2. The molecule has 3 aliphatic rings. The van der Waals surface area contributed by atoms with Crippen LogP contribution >= 0.6 is 0 Å². The van der Waals surface area contributed by atoms with Crippen molar-refractivity contribution in [3.63, 3.8) is 0 Å². The molecular weight excluding hydrogens is 623 g/mol. The van der Waals surface area contributed by atoms with Gasteiger partial charge in [-0.3, -0.25) is 4.90 Å². The van der Waals surface area contributed by atoms with Gasteiger partial charge in [-0.05, 0) is 73.8 Å². The highest BCUT2D eigenvalue weighted by Gasteiger charge is 2.36. The monoisotopic (exact) mass is 668 g/mol. The van der Waals surface area contributed by atoms with Gasteiger partial charge in [-0.2, -0.15) is 0 Å². The lowest BCUT2D eigenvalue weighted by Crippen LogP contribution is -2.46. The van der Waals surface area contributed by atoms with Crippen molar-refractivity contribution in [1.29, 1.82) is 0 Å². The van der Waals surface area contributed by atoms with Crippen LogP contribution < -0.4 is 5.32 Å². The van der Waals surface area contributed by atoms with Crippen LogP contribution in [0, 0.1) is 17.7 Å². The maximum Gasteiger partial charge on any atom is 0.410 e. The highest BCUT2D eigenvalue weighted by atomic mass is 19.1. The van der Waals surface area contributed by atoms with Gasteiger partial charge < -0.3 is 24.5 Å². The first kappa shape index (κ1) is 33.1. The summed E-state index contributed by atoms with van der Waals surface area (Å²) in [7, 11) is 0. The van der Waals surface area contributed by atoms with Crippen molar-refractivity contribution >= 4 is 23.2 Å². The van der Waals surface area contributed by atoms with Crippen LogP contribution in [0.1, 0.15) is 93.9 Å². The van der Waals surface area contributed by atoms with Crippen LogP contribution in [0.4, 0.5) is 14.0 Å². The van der Waals surface area contributed by atoms with Crippen LogP contribution in [0.2, 0.25) is 0 Å². The number of morpholine rings is 1. The Bertz CT molecular complexity index is 1800. The Morgan fingerprint density at radius 2 is 1.67 bits per heavy atom. The van der Waals surface area contributed by atoms with Crippen molar-refractivity contribution in [2.24, 2.45) is 11.8 Å². The average Bonchev–Trinajstić information content (AvgIpc) is 3.66. The van der Waals surface area contributed by atoms with Crippen LogP contribution in [-0.2, 0) is 14.2 Å². The zero-order chi connectivity index (χ0) is 34.3. The average molecular weight is 669 g/mol. The largest absolute Gasteiger partial charge is 0.449 e. The summed E-state index contributed by atoms with van der Waals surface area (Å²) < 4.78 is 33.6. The number of carbonyl (C=O) groups is 2. The second-order valence-electron chi connectivity index (χ2n) is 14.7. The number of imidazole rings is 1. The molecule has 2 amide bonds. The summed E-state index contributed by atoms with van der Waals surface area (Å²) in [5.41, 5.74) is 4.91. The second kappa shape index (κ2) is 13.5. The third-order valence-electron chi connectivity index (χ3n) is 10.2. The van der Waals surface area contributed by atoms with Crippen molar-refractivity contribution in [3.8, 4) is 11.1 Å². The minimum absolute atomic E-state index is 0.0603. The summed E-state index contributed by atoms with van der Waals surface area (Å²) in [6, 6.07) is 18.8. The summed E-state index contributed by atoms with van der Waals surface area (Å²) in [6.45, 7) is 8.63. The van der Waals surface area contributed by atoms with Crippen molar-refractivity contribution in [1.82, 2.24) is 20.2 Å². The number of ether oxygens (including phenoxy) is 3. The number of rotatable bonds is 6. The molecule has 0 radical (unpaired) electrons. The van der Waals surface area contributed by atoms with E-state index in [1.807, 2.05) is 24.3 Å². The molecule has 4 aromatic rings. The Morgan fingerprint density at radius 3 is 2.35 bits per heavy atom. The lowest BCUT2D eigenvalue weighted by Gasteiger charge is -2.36. The molecule has 0 spiro atoms. The van der Waals surface area contributed by atoms with Gasteiger partial charge in [0.1, 0.15) is 23.5 Å². The number of carbonyl (C=O) groups excluding carboxylic acids is 2. The van der Waals surface area contributed by atoms with E-state index in [2.05, 4.69) is 41.5 Å². The molecule has 2 N–H and O–H groups in total. The third kappa shape index (κ3) is 6.75. The van der Waals surface area contributed by atoms with Gasteiger partial charge in [0.25, 0.3) is 0 Å². The number of fused-ring (bicyclic) bond motifs is 4. The quantitative estimate of drug-likeness (QED) is 0.214. The summed E-state index contributed by atoms with van der Waals surface area (Å²) in [5.74, 6) is 0.612. The van der Waals surface area contributed by atoms with Gasteiger partial charge in [-0.1, -0.05) is 74.4 Å². The topological polar surface area (TPSA) is 106 Å². The van der Waals surface area contributed by atoms with Gasteiger partial charge in [0.05, 0.1) is 30.8 Å². The number of nitrogens with zero attached hydrogens (tertiary/aromatic N) is 2.